The zero-order chi connectivity index (χ0) is 39.4. The molecule has 0 aliphatic heterocycles. The molecule has 0 spiro atoms. The number of hydrogen-bond donors (Lipinski definition) is 2. The molecule has 0 bridgehead atoms. The Balaban J connectivity index is 0.000000203. The van der Waals surface area contributed by atoms with Gasteiger partial charge in [0.15, 0.2) is 11.6 Å². The summed E-state index contributed by atoms with van der Waals surface area (Å²) in [7, 11) is -4.72. The number of hydrogen-bond acceptors (Lipinski definition) is 7. The first-order chi connectivity index (χ1) is 26.3. The maximum atomic E-state index is 15.5. The molecule has 10 nitrogen and oxygen atoms in total. The summed E-state index contributed by atoms with van der Waals surface area (Å²) in [6, 6.07) is 12.7. The lowest BCUT2D eigenvalue weighted by Gasteiger charge is -2.13. The maximum absolute atomic E-state index is 15.5. The number of nitrogens with two attached hydrogens (primary N) is 1. The largest absolute Gasteiger partial charge is 0.396 e. The smallest absolute Gasteiger partial charge is 0.265 e. The van der Waals surface area contributed by atoms with Crippen molar-refractivity contribution in [3.05, 3.63) is 139 Å². The Bertz CT molecular complexity index is 2600. The van der Waals surface area contributed by atoms with Gasteiger partial charge in [-0.05, 0) is 91.7 Å². The monoisotopic (exact) mass is 776 g/mol. The van der Waals surface area contributed by atoms with Crippen LogP contribution in [0.5, 0.6) is 0 Å². The van der Waals surface area contributed by atoms with Crippen LogP contribution in [-0.2, 0) is 23.1 Å². The fourth-order valence-corrected chi connectivity index (χ4v) is 6.69. The van der Waals surface area contributed by atoms with Crippen LogP contribution in [0.2, 0.25) is 0 Å². The third-order valence-electron chi connectivity index (χ3n) is 8.27. The highest BCUT2D eigenvalue weighted by atomic mass is 32.2. The lowest BCUT2D eigenvalue weighted by atomic mass is 10.0. The molecule has 0 saturated carbocycles. The minimum absolute atomic E-state index is 0.0592. The number of halogens is 6. The van der Waals surface area contributed by atoms with Gasteiger partial charge in [-0.15, -0.1) is 0 Å². The van der Waals surface area contributed by atoms with Crippen LogP contribution >= 0.6 is 0 Å². The lowest BCUT2D eigenvalue weighted by Crippen LogP contribution is -2.16. The summed E-state index contributed by atoms with van der Waals surface area (Å²) in [5.74, 6) is -5.95. The quantitative estimate of drug-likeness (QED) is 0.111. The van der Waals surface area contributed by atoms with E-state index in [4.69, 9.17) is 5.73 Å². The molecule has 3 aromatic carbocycles. The van der Waals surface area contributed by atoms with Crippen LogP contribution in [0.25, 0.3) is 44.8 Å². The van der Waals surface area contributed by atoms with E-state index in [0.29, 0.717) is 41.9 Å². The highest BCUT2D eigenvalue weighted by Crippen LogP contribution is 2.38. The number of rotatable bonds is 9. The molecule has 3 N–H and O–H groups in total. The van der Waals surface area contributed by atoms with Crippen LogP contribution in [0.15, 0.2) is 109 Å². The van der Waals surface area contributed by atoms with Crippen molar-refractivity contribution in [3.8, 4) is 44.8 Å². The summed E-state index contributed by atoms with van der Waals surface area (Å²) in [6.07, 6.45) is 9.61. The molecule has 0 aliphatic rings. The number of aryl methyl sites for hydroxylation is 2. The van der Waals surface area contributed by atoms with Crippen molar-refractivity contribution in [1.82, 2.24) is 29.5 Å². The standard InChI is InChI=1S/C22H16F4N4O2S.C16H14F2N4/c1-2-30-12-15(13-7-9-27-10-8-13)22(28-30)20-17(25)5-6-18(21(20)26)29-33(31,32)19-11-14(23)3-4-16(19)24;1-2-22-9-11(10-5-7-20-8-6-10)16(21-22)14-12(17)3-4-13(19)15(14)18/h3-12,29H,2H2,1H3;3-9H,2,19H2,1H3. The van der Waals surface area contributed by atoms with E-state index in [2.05, 4.69) is 20.2 Å². The Morgan fingerprint density at radius 1 is 0.636 bits per heavy atom. The molecule has 0 amide bonds. The summed E-state index contributed by atoms with van der Waals surface area (Å²) >= 11 is 0. The molecule has 55 heavy (non-hydrogen) atoms. The van der Waals surface area contributed by atoms with Crippen LogP contribution < -0.4 is 10.5 Å². The highest BCUT2D eigenvalue weighted by Gasteiger charge is 2.27. The van der Waals surface area contributed by atoms with Crippen LogP contribution in [0.1, 0.15) is 13.8 Å². The molecule has 0 aliphatic carbocycles. The lowest BCUT2D eigenvalue weighted by molar-refractivity contribution is 0.554. The summed E-state index contributed by atoms with van der Waals surface area (Å²) in [6.45, 7) is 4.69. The van der Waals surface area contributed by atoms with Gasteiger partial charge in [0.05, 0.1) is 22.5 Å². The molecule has 0 unspecified atom stereocenters. The van der Waals surface area contributed by atoms with Crippen molar-refractivity contribution >= 4 is 21.4 Å². The first-order valence-corrected chi connectivity index (χ1v) is 18.0. The summed E-state index contributed by atoms with van der Waals surface area (Å²) < 4.78 is 116. The molecule has 0 atom stereocenters. The predicted octanol–water partition coefficient (Wildman–Crippen LogP) is 8.48. The van der Waals surface area contributed by atoms with Gasteiger partial charge in [-0.2, -0.15) is 10.2 Å². The SMILES string of the molecule is CCn1cc(-c2ccncc2)c(-c2c(F)ccc(N)c2F)n1.CCn1cc(-c2ccncc2)c(-c2c(F)ccc(NS(=O)(=O)c3cc(F)ccc3F)c2F)n1. The van der Waals surface area contributed by atoms with Gasteiger partial charge in [-0.25, -0.2) is 34.8 Å². The van der Waals surface area contributed by atoms with E-state index in [-0.39, 0.29) is 22.6 Å². The first-order valence-electron chi connectivity index (χ1n) is 16.5. The van der Waals surface area contributed by atoms with Gasteiger partial charge in [0.2, 0.25) is 0 Å². The Kier molecular flexibility index (Phi) is 11.0. The Labute approximate surface area is 311 Å². The molecule has 7 rings (SSSR count). The topological polar surface area (TPSA) is 134 Å². The molecule has 0 radical (unpaired) electrons. The highest BCUT2D eigenvalue weighted by molar-refractivity contribution is 7.92. The van der Waals surface area contributed by atoms with Crippen molar-refractivity contribution in [2.75, 3.05) is 10.5 Å². The molecular weight excluding hydrogens is 747 g/mol. The third kappa shape index (κ3) is 7.91. The third-order valence-corrected chi connectivity index (χ3v) is 9.65. The van der Waals surface area contributed by atoms with Crippen molar-refractivity contribution in [2.45, 2.75) is 31.8 Å². The van der Waals surface area contributed by atoms with Gasteiger partial charge in [-0.1, -0.05) is 0 Å². The molecule has 282 valence electrons. The van der Waals surface area contributed by atoms with Crippen molar-refractivity contribution < 1.29 is 34.8 Å². The minimum atomic E-state index is -4.72. The molecule has 0 fully saturated rings. The fraction of sp³-hybridized carbons (Fsp3) is 0.105. The van der Waals surface area contributed by atoms with Crippen molar-refractivity contribution in [1.29, 1.82) is 0 Å². The zero-order valence-electron chi connectivity index (χ0n) is 29.0. The van der Waals surface area contributed by atoms with E-state index in [1.165, 1.54) is 23.1 Å². The second-order valence-corrected chi connectivity index (χ2v) is 13.4. The van der Waals surface area contributed by atoms with Crippen LogP contribution in [0, 0.1) is 34.9 Å². The fourth-order valence-electron chi connectivity index (χ4n) is 5.54. The molecule has 4 aromatic heterocycles. The van der Waals surface area contributed by atoms with Crippen LogP contribution in [0.3, 0.4) is 0 Å². The van der Waals surface area contributed by atoms with Gasteiger partial charge >= 0.3 is 0 Å². The number of aromatic nitrogens is 6. The molecular formula is C38H30F6N8O2S. The normalized spacial score (nSPS) is 11.3. The minimum Gasteiger partial charge on any atom is -0.396 e. The van der Waals surface area contributed by atoms with E-state index in [9.17, 15) is 30.4 Å². The number of benzene rings is 3. The van der Waals surface area contributed by atoms with Crippen LogP contribution in [0.4, 0.5) is 37.7 Å². The van der Waals surface area contributed by atoms with Gasteiger partial charge in [0.1, 0.15) is 39.6 Å². The van der Waals surface area contributed by atoms with Crippen LogP contribution in [-0.4, -0.2) is 37.9 Å². The Morgan fingerprint density at radius 3 is 1.62 bits per heavy atom. The molecule has 0 saturated heterocycles. The second-order valence-electron chi connectivity index (χ2n) is 11.8. The number of nitrogens with zero attached hydrogens (tertiary/aromatic N) is 6. The van der Waals surface area contributed by atoms with E-state index in [1.807, 2.05) is 11.6 Å². The molecule has 4 heterocycles. The summed E-state index contributed by atoms with van der Waals surface area (Å²) in [5.41, 5.74) is 6.60. The van der Waals surface area contributed by atoms with Crippen molar-refractivity contribution in [3.63, 3.8) is 0 Å². The number of anilines is 2. The van der Waals surface area contributed by atoms with E-state index in [0.717, 1.165) is 29.8 Å². The first kappa shape index (κ1) is 38.2. The molecule has 7 aromatic rings. The van der Waals surface area contributed by atoms with Gasteiger partial charge in [0.25, 0.3) is 10.0 Å². The number of pyridine rings is 2. The summed E-state index contributed by atoms with van der Waals surface area (Å²) in [5, 5.41) is 8.55. The second kappa shape index (κ2) is 15.9. The van der Waals surface area contributed by atoms with Crippen molar-refractivity contribution in [2.24, 2.45) is 0 Å². The Morgan fingerprint density at radius 2 is 1.11 bits per heavy atom. The van der Waals surface area contributed by atoms with Gasteiger partial charge < -0.3 is 5.73 Å². The van der Waals surface area contributed by atoms with Gasteiger partial charge in [-0.3, -0.25) is 24.1 Å². The van der Waals surface area contributed by atoms with Gasteiger partial charge in [0, 0.05) is 61.4 Å². The number of sulfonamides is 1. The summed E-state index contributed by atoms with van der Waals surface area (Å²) in [4.78, 5) is 6.86. The average molecular weight is 777 g/mol. The zero-order valence-corrected chi connectivity index (χ0v) is 29.8. The average Bonchev–Trinajstić information content (AvgIpc) is 3.81. The van der Waals surface area contributed by atoms with E-state index in [1.54, 1.807) is 60.7 Å². The van der Waals surface area contributed by atoms with E-state index < -0.39 is 61.1 Å². The maximum Gasteiger partial charge on any atom is 0.265 e. The number of nitrogen functional groups attached to an aromatic ring is 1. The van der Waals surface area contributed by atoms with E-state index >= 15 is 4.39 Å². The Hall–Kier alpha value is -6.49. The predicted molar refractivity (Wildman–Crippen MR) is 195 cm³/mol. The number of nitrogens with one attached hydrogen (secondary N) is 1. The molecule has 17 heteroatoms.